The number of esters is 1. The van der Waals surface area contributed by atoms with Crippen LogP contribution in [0.5, 0.6) is 0 Å². The van der Waals surface area contributed by atoms with Crippen LogP contribution in [0.1, 0.15) is 55.9 Å². The van der Waals surface area contributed by atoms with E-state index in [0.717, 1.165) is 41.1 Å². The molecule has 0 amide bonds. The quantitative estimate of drug-likeness (QED) is 0.483. The Hall–Kier alpha value is -2.80. The van der Waals surface area contributed by atoms with Crippen molar-refractivity contribution in [2.24, 2.45) is 0 Å². The first kappa shape index (κ1) is 19.5. The summed E-state index contributed by atoms with van der Waals surface area (Å²) in [5, 5.41) is 0.473. The standard InChI is InChI=1S/C22H22N2O4S/c1-11-7-8-15(10-12(11)2)18(25)14(4)28-22(27)19-13(3)17-20(29-19)23-16-6-5-9-24(16)21(17)26/h7-8,10,14H,5-6,9H2,1-4H3. The fraction of sp³-hybridized carbons (Fsp3) is 0.364. The smallest absolute Gasteiger partial charge is 0.349 e. The van der Waals surface area contributed by atoms with Gasteiger partial charge in [-0.05, 0) is 56.9 Å². The van der Waals surface area contributed by atoms with E-state index in [1.807, 2.05) is 19.9 Å². The molecule has 1 aromatic carbocycles. The van der Waals surface area contributed by atoms with Gasteiger partial charge in [0, 0.05) is 18.5 Å². The van der Waals surface area contributed by atoms with Gasteiger partial charge in [0.1, 0.15) is 15.5 Å². The second kappa shape index (κ2) is 7.22. The minimum Gasteiger partial charge on any atom is -0.450 e. The lowest BCUT2D eigenvalue weighted by Gasteiger charge is -2.13. The van der Waals surface area contributed by atoms with Crippen LogP contribution in [0, 0.1) is 20.8 Å². The van der Waals surface area contributed by atoms with Crippen LogP contribution in [-0.2, 0) is 17.7 Å². The van der Waals surface area contributed by atoms with Crippen molar-refractivity contribution in [3.05, 3.63) is 61.5 Å². The topological polar surface area (TPSA) is 78.3 Å². The van der Waals surface area contributed by atoms with Crippen molar-refractivity contribution < 1.29 is 14.3 Å². The highest BCUT2D eigenvalue weighted by molar-refractivity contribution is 7.20. The third kappa shape index (κ3) is 3.29. The zero-order valence-corrected chi connectivity index (χ0v) is 17.7. The highest BCUT2D eigenvalue weighted by Gasteiger charge is 2.26. The monoisotopic (exact) mass is 410 g/mol. The molecular formula is C22H22N2O4S. The van der Waals surface area contributed by atoms with E-state index in [9.17, 15) is 14.4 Å². The van der Waals surface area contributed by atoms with E-state index in [1.54, 1.807) is 30.5 Å². The van der Waals surface area contributed by atoms with Crippen LogP contribution in [0.3, 0.4) is 0 Å². The number of ether oxygens (including phenoxy) is 1. The highest BCUT2D eigenvalue weighted by Crippen LogP contribution is 2.29. The first-order valence-corrected chi connectivity index (χ1v) is 10.4. The molecule has 0 saturated carbocycles. The number of thiophene rings is 1. The van der Waals surface area contributed by atoms with Gasteiger partial charge in [0.2, 0.25) is 5.78 Å². The SMILES string of the molecule is Cc1ccc(C(=O)C(C)OC(=O)c2sc3nc4n(c(=O)c3c2C)CCC4)cc1C. The number of hydrogen-bond acceptors (Lipinski definition) is 6. The van der Waals surface area contributed by atoms with Crippen molar-refractivity contribution in [2.75, 3.05) is 0 Å². The molecule has 0 aliphatic carbocycles. The van der Waals surface area contributed by atoms with E-state index >= 15 is 0 Å². The van der Waals surface area contributed by atoms with Gasteiger partial charge in [0.05, 0.1) is 5.39 Å². The van der Waals surface area contributed by atoms with Crippen LogP contribution < -0.4 is 5.56 Å². The first-order chi connectivity index (χ1) is 13.8. The molecule has 29 heavy (non-hydrogen) atoms. The lowest BCUT2D eigenvalue weighted by molar-refractivity contribution is 0.0323. The van der Waals surface area contributed by atoms with Gasteiger partial charge in [-0.1, -0.05) is 12.1 Å². The molecule has 0 saturated heterocycles. The summed E-state index contributed by atoms with van der Waals surface area (Å²) >= 11 is 1.16. The summed E-state index contributed by atoms with van der Waals surface area (Å²) in [7, 11) is 0. The van der Waals surface area contributed by atoms with E-state index in [2.05, 4.69) is 4.98 Å². The van der Waals surface area contributed by atoms with Crippen molar-refractivity contribution in [3.63, 3.8) is 0 Å². The van der Waals surface area contributed by atoms with Gasteiger partial charge in [-0.3, -0.25) is 14.2 Å². The Kier molecular flexibility index (Phi) is 4.86. The lowest BCUT2D eigenvalue weighted by atomic mass is 10.0. The predicted molar refractivity (Wildman–Crippen MR) is 112 cm³/mol. The summed E-state index contributed by atoms with van der Waals surface area (Å²) in [6.45, 7) is 7.87. The van der Waals surface area contributed by atoms with E-state index in [4.69, 9.17) is 4.74 Å². The summed E-state index contributed by atoms with van der Waals surface area (Å²) < 4.78 is 7.14. The normalized spacial score (nSPS) is 14.1. The molecule has 150 valence electrons. The minimum atomic E-state index is -0.923. The van der Waals surface area contributed by atoms with Crippen LogP contribution in [0.15, 0.2) is 23.0 Å². The molecule has 0 spiro atoms. The zero-order valence-electron chi connectivity index (χ0n) is 16.9. The number of aryl methyl sites for hydroxylation is 4. The third-order valence-corrected chi connectivity index (χ3v) is 6.71. The average molecular weight is 410 g/mol. The van der Waals surface area contributed by atoms with Crippen LogP contribution in [0.2, 0.25) is 0 Å². The summed E-state index contributed by atoms with van der Waals surface area (Å²) in [4.78, 5) is 43.7. The summed E-state index contributed by atoms with van der Waals surface area (Å²) in [5.41, 5.74) is 3.08. The number of ketones is 1. The maximum absolute atomic E-state index is 12.8. The summed E-state index contributed by atoms with van der Waals surface area (Å²) in [6, 6.07) is 5.43. The maximum Gasteiger partial charge on any atom is 0.349 e. The Morgan fingerprint density at radius 1 is 1.21 bits per heavy atom. The number of rotatable bonds is 4. The minimum absolute atomic E-state index is 0.102. The lowest BCUT2D eigenvalue weighted by Crippen LogP contribution is -2.24. The second-order valence-corrected chi connectivity index (χ2v) is 8.53. The van der Waals surface area contributed by atoms with Gasteiger partial charge < -0.3 is 4.74 Å². The van der Waals surface area contributed by atoms with Gasteiger partial charge in [-0.25, -0.2) is 9.78 Å². The van der Waals surface area contributed by atoms with Gasteiger partial charge in [0.15, 0.2) is 6.10 Å². The van der Waals surface area contributed by atoms with Crippen molar-refractivity contribution in [3.8, 4) is 0 Å². The van der Waals surface area contributed by atoms with E-state index in [-0.39, 0.29) is 11.3 Å². The Labute approximate surface area is 172 Å². The average Bonchev–Trinajstić information content (AvgIpc) is 3.28. The Balaban J connectivity index is 1.61. The van der Waals surface area contributed by atoms with Crippen LogP contribution in [0.25, 0.3) is 10.2 Å². The fourth-order valence-corrected chi connectivity index (χ4v) is 4.74. The Morgan fingerprint density at radius 3 is 2.69 bits per heavy atom. The second-order valence-electron chi connectivity index (χ2n) is 7.54. The number of hydrogen-bond donors (Lipinski definition) is 0. The molecule has 4 rings (SSSR count). The van der Waals surface area contributed by atoms with Gasteiger partial charge in [-0.15, -0.1) is 11.3 Å². The van der Waals surface area contributed by atoms with Crippen LogP contribution in [-0.4, -0.2) is 27.4 Å². The Morgan fingerprint density at radius 2 is 1.97 bits per heavy atom. The van der Waals surface area contributed by atoms with Gasteiger partial charge in [0.25, 0.3) is 5.56 Å². The molecular weight excluding hydrogens is 388 g/mol. The number of aromatic nitrogens is 2. The number of carbonyl (C=O) groups is 2. The van der Waals surface area contributed by atoms with Crippen molar-refractivity contribution in [1.82, 2.24) is 9.55 Å². The molecule has 0 bridgehead atoms. The van der Waals surface area contributed by atoms with Gasteiger partial charge in [-0.2, -0.15) is 0 Å². The highest BCUT2D eigenvalue weighted by atomic mass is 32.1. The molecule has 7 heteroatoms. The molecule has 2 aromatic heterocycles. The molecule has 6 nitrogen and oxygen atoms in total. The Bertz CT molecular complexity index is 1220. The molecule has 3 aromatic rings. The molecule has 1 atom stereocenters. The largest absolute Gasteiger partial charge is 0.450 e. The number of benzene rings is 1. The molecule has 1 aliphatic heterocycles. The fourth-order valence-electron chi connectivity index (χ4n) is 3.67. The maximum atomic E-state index is 12.8. The number of Topliss-reactive ketones (excluding diaryl/α,β-unsaturated/α-hetero) is 1. The predicted octanol–water partition coefficient (Wildman–Crippen LogP) is 3.76. The molecule has 0 fully saturated rings. The van der Waals surface area contributed by atoms with E-state index < -0.39 is 12.1 Å². The van der Waals surface area contributed by atoms with Crippen molar-refractivity contribution in [2.45, 2.75) is 53.2 Å². The van der Waals surface area contributed by atoms with Crippen LogP contribution >= 0.6 is 11.3 Å². The van der Waals surface area contributed by atoms with Crippen molar-refractivity contribution >= 4 is 33.3 Å². The van der Waals surface area contributed by atoms with Gasteiger partial charge >= 0.3 is 5.97 Å². The molecule has 0 N–H and O–H groups in total. The number of fused-ring (bicyclic) bond motifs is 2. The van der Waals surface area contributed by atoms with Crippen molar-refractivity contribution in [1.29, 1.82) is 0 Å². The zero-order chi connectivity index (χ0) is 20.9. The third-order valence-electron chi connectivity index (χ3n) is 5.54. The first-order valence-electron chi connectivity index (χ1n) is 9.63. The molecule has 1 unspecified atom stereocenters. The molecule has 0 radical (unpaired) electrons. The molecule has 3 heterocycles. The van der Waals surface area contributed by atoms with E-state index in [0.29, 0.717) is 32.8 Å². The van der Waals surface area contributed by atoms with Crippen LogP contribution in [0.4, 0.5) is 0 Å². The number of nitrogens with zero attached hydrogens (tertiary/aromatic N) is 2. The van der Waals surface area contributed by atoms with E-state index in [1.165, 1.54) is 0 Å². The number of carbonyl (C=O) groups excluding carboxylic acids is 2. The summed E-state index contributed by atoms with van der Waals surface area (Å²) in [5.74, 6) is -0.0842. The molecule has 1 aliphatic rings. The summed E-state index contributed by atoms with van der Waals surface area (Å²) in [6.07, 6.45) is 0.753.